The van der Waals surface area contributed by atoms with Crippen molar-refractivity contribution in [3.8, 4) is 11.1 Å². The number of halogens is 2. The molecule has 0 radical (unpaired) electrons. The minimum absolute atomic E-state index is 0.0248. The van der Waals surface area contributed by atoms with Crippen molar-refractivity contribution in [1.82, 2.24) is 5.32 Å². The van der Waals surface area contributed by atoms with Gasteiger partial charge in [0.25, 0.3) is 0 Å². The van der Waals surface area contributed by atoms with Gasteiger partial charge in [-0.1, -0.05) is 29.8 Å². The summed E-state index contributed by atoms with van der Waals surface area (Å²) in [6.07, 6.45) is 2.07. The molecule has 1 aliphatic heterocycles. The first-order valence-corrected chi connectivity index (χ1v) is 9.19. The smallest absolute Gasteiger partial charge is 0.159 e. The van der Waals surface area contributed by atoms with E-state index in [0.717, 1.165) is 12.8 Å². The number of nitrogens with one attached hydrogen (secondary N) is 1. The molecule has 1 aliphatic carbocycles. The lowest BCUT2D eigenvalue weighted by Gasteiger charge is -2.14. The number of hydrogen-bond acceptors (Lipinski definition) is 3. The molecule has 0 unspecified atom stereocenters. The second kappa shape index (κ2) is 6.60. The topological polar surface area (TPSA) is 46.2 Å². The van der Waals surface area contributed by atoms with E-state index in [1.807, 2.05) is 0 Å². The van der Waals surface area contributed by atoms with E-state index in [4.69, 9.17) is 11.6 Å². The van der Waals surface area contributed by atoms with E-state index in [2.05, 4.69) is 5.32 Å². The molecule has 134 valence electrons. The minimum Gasteiger partial charge on any atom is -0.304 e. The van der Waals surface area contributed by atoms with E-state index in [0.29, 0.717) is 39.2 Å². The van der Waals surface area contributed by atoms with E-state index in [1.165, 1.54) is 6.92 Å². The lowest BCUT2D eigenvalue weighted by Crippen LogP contribution is -2.35. The van der Waals surface area contributed by atoms with Crippen molar-refractivity contribution in [2.45, 2.75) is 38.3 Å². The minimum atomic E-state index is -0.452. The Balaban J connectivity index is 1.62. The zero-order chi connectivity index (χ0) is 18.4. The summed E-state index contributed by atoms with van der Waals surface area (Å²) in [6.45, 7) is 1.46. The molecule has 2 aromatic rings. The normalized spacial score (nSPS) is 23.6. The third kappa shape index (κ3) is 3.19. The van der Waals surface area contributed by atoms with E-state index in [-0.39, 0.29) is 24.0 Å². The summed E-state index contributed by atoms with van der Waals surface area (Å²) in [5.74, 6) is 0.0808. The van der Waals surface area contributed by atoms with Crippen molar-refractivity contribution in [3.63, 3.8) is 0 Å². The Labute approximate surface area is 156 Å². The molecular weight excluding hydrogens is 353 g/mol. The molecule has 0 amide bonds. The van der Waals surface area contributed by atoms with Crippen LogP contribution in [0, 0.1) is 11.7 Å². The lowest BCUT2D eigenvalue weighted by atomic mass is 9.95. The molecular formula is C21H19ClFNO2. The van der Waals surface area contributed by atoms with Gasteiger partial charge in [-0.05, 0) is 49.4 Å². The quantitative estimate of drug-likeness (QED) is 0.801. The fourth-order valence-corrected chi connectivity index (χ4v) is 3.97. The summed E-state index contributed by atoms with van der Waals surface area (Å²) >= 11 is 6.24. The van der Waals surface area contributed by atoms with E-state index < -0.39 is 5.82 Å². The molecule has 1 saturated heterocycles. The maximum absolute atomic E-state index is 15.1. The number of fused-ring (bicyclic) bond motifs is 1. The highest BCUT2D eigenvalue weighted by molar-refractivity contribution is 6.33. The van der Waals surface area contributed by atoms with Crippen molar-refractivity contribution in [1.29, 1.82) is 0 Å². The van der Waals surface area contributed by atoms with Gasteiger partial charge in [0, 0.05) is 34.2 Å². The number of carbonyl (C=O) groups excluding carboxylic acids is 2. The molecule has 5 heteroatoms. The van der Waals surface area contributed by atoms with Crippen LogP contribution in [0.2, 0.25) is 5.02 Å². The SMILES string of the molecule is CC(=O)c1ccc(Cl)c(-c2cccc(CC(=O)[C@@H]3C[C@H]4C[C@H]4N3)c2F)c1. The Bertz CT molecular complexity index is 901. The van der Waals surface area contributed by atoms with Crippen LogP contribution < -0.4 is 5.32 Å². The zero-order valence-corrected chi connectivity index (χ0v) is 15.1. The van der Waals surface area contributed by atoms with Crippen molar-refractivity contribution in [3.05, 3.63) is 58.4 Å². The van der Waals surface area contributed by atoms with Crippen molar-refractivity contribution in [2.75, 3.05) is 0 Å². The second-order valence-corrected chi connectivity index (χ2v) is 7.64. The first-order valence-electron chi connectivity index (χ1n) is 8.81. The van der Waals surface area contributed by atoms with Gasteiger partial charge in [-0.25, -0.2) is 4.39 Å². The Morgan fingerprint density at radius 3 is 2.69 bits per heavy atom. The van der Waals surface area contributed by atoms with Crippen LogP contribution in [0.15, 0.2) is 36.4 Å². The maximum atomic E-state index is 15.1. The molecule has 1 heterocycles. The summed E-state index contributed by atoms with van der Waals surface area (Å²) in [5.41, 5.74) is 1.61. The fraction of sp³-hybridized carbons (Fsp3) is 0.333. The first kappa shape index (κ1) is 17.4. The van der Waals surface area contributed by atoms with Gasteiger partial charge < -0.3 is 5.32 Å². The molecule has 4 rings (SSSR count). The van der Waals surface area contributed by atoms with Crippen LogP contribution in [0.5, 0.6) is 0 Å². The van der Waals surface area contributed by atoms with Crippen molar-refractivity contribution in [2.24, 2.45) is 5.92 Å². The van der Waals surface area contributed by atoms with Gasteiger partial charge in [0.15, 0.2) is 11.6 Å². The number of piperidine rings is 1. The highest BCUT2D eigenvalue weighted by Gasteiger charge is 2.47. The summed E-state index contributed by atoms with van der Waals surface area (Å²) in [5, 5.41) is 3.68. The first-order chi connectivity index (χ1) is 12.4. The van der Waals surface area contributed by atoms with Gasteiger partial charge in [0.2, 0.25) is 0 Å². The monoisotopic (exact) mass is 371 g/mol. The molecule has 2 aliphatic rings. The number of hydrogen-bond donors (Lipinski definition) is 1. The molecule has 0 aromatic heterocycles. The average Bonchev–Trinajstić information content (AvgIpc) is 3.22. The third-order valence-corrected chi connectivity index (χ3v) is 5.70. The van der Waals surface area contributed by atoms with Crippen molar-refractivity contribution < 1.29 is 14.0 Å². The summed E-state index contributed by atoms with van der Waals surface area (Å²) < 4.78 is 15.1. The van der Waals surface area contributed by atoms with Crippen LogP contribution in [0.3, 0.4) is 0 Å². The van der Waals surface area contributed by atoms with Gasteiger partial charge >= 0.3 is 0 Å². The average molecular weight is 372 g/mol. The van der Waals surface area contributed by atoms with Gasteiger partial charge in [-0.2, -0.15) is 0 Å². The Hall–Kier alpha value is -2.04. The standard InChI is InChI=1S/C21H19ClFNO2/c1-11(25)12-5-6-17(22)16(7-12)15-4-2-3-13(21(15)23)10-20(26)19-9-14-8-18(14)24-19/h2-7,14,18-19,24H,8-10H2,1H3/t14-,18-,19+/m1/s1. The van der Waals surface area contributed by atoms with E-state index >= 15 is 4.39 Å². The molecule has 0 bridgehead atoms. The largest absolute Gasteiger partial charge is 0.304 e. The molecule has 26 heavy (non-hydrogen) atoms. The van der Waals surface area contributed by atoms with Gasteiger partial charge in [0.1, 0.15) is 5.82 Å². The van der Waals surface area contributed by atoms with Crippen molar-refractivity contribution >= 4 is 23.2 Å². The molecule has 2 fully saturated rings. The fourth-order valence-electron chi connectivity index (χ4n) is 3.75. The Kier molecular flexibility index (Phi) is 4.41. The maximum Gasteiger partial charge on any atom is 0.159 e. The number of rotatable bonds is 5. The molecule has 3 nitrogen and oxygen atoms in total. The third-order valence-electron chi connectivity index (χ3n) is 5.37. The highest BCUT2D eigenvalue weighted by Crippen LogP contribution is 2.41. The molecule has 1 N–H and O–H groups in total. The Morgan fingerprint density at radius 2 is 2.00 bits per heavy atom. The van der Waals surface area contributed by atoms with Crippen LogP contribution in [0.1, 0.15) is 35.7 Å². The van der Waals surface area contributed by atoms with E-state index in [1.54, 1.807) is 36.4 Å². The van der Waals surface area contributed by atoms with Crippen LogP contribution in [0.4, 0.5) is 4.39 Å². The van der Waals surface area contributed by atoms with Crippen LogP contribution in [-0.2, 0) is 11.2 Å². The molecule has 2 aromatic carbocycles. The molecule has 3 atom stereocenters. The van der Waals surface area contributed by atoms with Gasteiger partial charge in [0.05, 0.1) is 6.04 Å². The number of ketones is 2. The molecule has 0 spiro atoms. The predicted molar refractivity (Wildman–Crippen MR) is 99.0 cm³/mol. The van der Waals surface area contributed by atoms with Crippen LogP contribution >= 0.6 is 11.6 Å². The summed E-state index contributed by atoms with van der Waals surface area (Å²) in [7, 11) is 0. The van der Waals surface area contributed by atoms with Crippen LogP contribution in [-0.4, -0.2) is 23.7 Å². The summed E-state index contributed by atoms with van der Waals surface area (Å²) in [6, 6.07) is 10.1. The van der Waals surface area contributed by atoms with Crippen LogP contribution in [0.25, 0.3) is 11.1 Å². The summed E-state index contributed by atoms with van der Waals surface area (Å²) in [4.78, 5) is 24.1. The second-order valence-electron chi connectivity index (χ2n) is 7.23. The van der Waals surface area contributed by atoms with Gasteiger partial charge in [-0.3, -0.25) is 9.59 Å². The number of benzene rings is 2. The van der Waals surface area contributed by atoms with E-state index in [9.17, 15) is 9.59 Å². The zero-order valence-electron chi connectivity index (χ0n) is 14.4. The number of carbonyl (C=O) groups is 2. The number of Topliss-reactive ketones (excluding diaryl/α,β-unsaturated/α-hetero) is 2. The predicted octanol–water partition coefficient (Wildman–Crippen LogP) is 4.21. The van der Waals surface area contributed by atoms with Gasteiger partial charge in [-0.15, -0.1) is 0 Å². The highest BCUT2D eigenvalue weighted by atomic mass is 35.5. The Morgan fingerprint density at radius 1 is 1.19 bits per heavy atom. The lowest BCUT2D eigenvalue weighted by molar-refractivity contribution is -0.120. The molecule has 1 saturated carbocycles.